The van der Waals surface area contributed by atoms with Crippen LogP contribution in [-0.2, 0) is 0 Å². The van der Waals surface area contributed by atoms with Crippen LogP contribution in [0.25, 0.3) is 64.3 Å². The molecule has 7 aromatic carbocycles. The summed E-state index contributed by atoms with van der Waals surface area (Å²) >= 11 is 1.77. The van der Waals surface area contributed by atoms with Crippen molar-refractivity contribution in [1.82, 2.24) is 4.98 Å². The topological polar surface area (TPSA) is 29.3 Å². The van der Waals surface area contributed by atoms with Crippen molar-refractivity contribution in [2.75, 3.05) is 4.90 Å². The first-order valence-electron chi connectivity index (χ1n) is 14.4. The highest BCUT2D eigenvalue weighted by molar-refractivity contribution is 7.22. The van der Waals surface area contributed by atoms with Crippen LogP contribution in [0.15, 0.2) is 150 Å². The minimum absolute atomic E-state index is 0.876. The van der Waals surface area contributed by atoms with E-state index in [0.29, 0.717) is 0 Å². The molecule has 0 amide bonds. The fraction of sp³-hybridized carbons (Fsp3) is 0. The number of para-hydroxylation sites is 2. The summed E-state index contributed by atoms with van der Waals surface area (Å²) in [6.45, 7) is 0. The Kier molecular flexibility index (Phi) is 5.37. The molecule has 0 spiro atoms. The molecule has 2 heterocycles. The quantitative estimate of drug-likeness (QED) is 0.198. The minimum atomic E-state index is 0.876. The van der Waals surface area contributed by atoms with Gasteiger partial charge in [-0.2, -0.15) is 0 Å². The highest BCUT2D eigenvalue weighted by Gasteiger charge is 2.20. The summed E-state index contributed by atoms with van der Waals surface area (Å²) in [6, 6.07) is 51.1. The molecule has 0 aliphatic rings. The van der Waals surface area contributed by atoms with Crippen molar-refractivity contribution in [2.45, 2.75) is 0 Å². The second kappa shape index (κ2) is 9.55. The van der Waals surface area contributed by atoms with Gasteiger partial charge in [-0.3, -0.25) is 0 Å². The van der Waals surface area contributed by atoms with Crippen LogP contribution in [-0.4, -0.2) is 4.98 Å². The molecule has 202 valence electrons. The van der Waals surface area contributed by atoms with E-state index in [1.165, 1.54) is 26.2 Å². The van der Waals surface area contributed by atoms with Gasteiger partial charge in [0.25, 0.3) is 0 Å². The van der Waals surface area contributed by atoms with Crippen LogP contribution in [0.2, 0.25) is 0 Å². The summed E-state index contributed by atoms with van der Waals surface area (Å²) in [4.78, 5) is 7.60. The van der Waals surface area contributed by atoms with Crippen molar-refractivity contribution in [2.24, 2.45) is 0 Å². The normalized spacial score (nSPS) is 11.7. The van der Waals surface area contributed by atoms with E-state index >= 15 is 0 Å². The summed E-state index contributed by atoms with van der Waals surface area (Å²) in [5.41, 5.74) is 7.15. The second-order valence-corrected chi connectivity index (χ2v) is 11.8. The molecular weight excluding hydrogens is 545 g/mol. The number of furan rings is 1. The second-order valence-electron chi connectivity index (χ2n) is 10.8. The summed E-state index contributed by atoms with van der Waals surface area (Å²) in [5.74, 6) is 0. The van der Waals surface area contributed by atoms with Crippen molar-refractivity contribution in [3.05, 3.63) is 146 Å². The van der Waals surface area contributed by atoms with Crippen LogP contribution in [0.5, 0.6) is 0 Å². The average Bonchev–Trinajstić information content (AvgIpc) is 3.69. The van der Waals surface area contributed by atoms with E-state index in [1.54, 1.807) is 11.3 Å². The molecule has 0 fully saturated rings. The van der Waals surface area contributed by atoms with Gasteiger partial charge in [-0.25, -0.2) is 4.98 Å². The van der Waals surface area contributed by atoms with Crippen LogP contribution in [0.1, 0.15) is 0 Å². The highest BCUT2D eigenvalue weighted by atomic mass is 32.1. The average molecular weight is 569 g/mol. The largest absolute Gasteiger partial charge is 0.456 e. The first kappa shape index (κ1) is 24.2. The molecule has 0 aliphatic heterocycles. The monoisotopic (exact) mass is 568 g/mol. The van der Waals surface area contributed by atoms with Crippen molar-refractivity contribution in [1.29, 1.82) is 0 Å². The van der Waals surface area contributed by atoms with Gasteiger partial charge in [-0.1, -0.05) is 103 Å². The Morgan fingerprint density at radius 3 is 1.98 bits per heavy atom. The molecule has 0 atom stereocenters. The van der Waals surface area contributed by atoms with E-state index in [0.717, 1.165) is 55.1 Å². The van der Waals surface area contributed by atoms with Gasteiger partial charge in [0, 0.05) is 33.1 Å². The lowest BCUT2D eigenvalue weighted by Gasteiger charge is -2.26. The van der Waals surface area contributed by atoms with E-state index in [-0.39, 0.29) is 0 Å². The number of benzene rings is 7. The van der Waals surface area contributed by atoms with E-state index < -0.39 is 0 Å². The van der Waals surface area contributed by atoms with Gasteiger partial charge in [-0.15, -0.1) is 11.3 Å². The number of hydrogen-bond acceptors (Lipinski definition) is 4. The van der Waals surface area contributed by atoms with E-state index in [2.05, 4.69) is 132 Å². The first-order chi connectivity index (χ1) is 21.3. The smallest absolute Gasteiger partial charge is 0.137 e. The van der Waals surface area contributed by atoms with Crippen molar-refractivity contribution in [3.8, 4) is 10.6 Å². The zero-order valence-electron chi connectivity index (χ0n) is 23.1. The Balaban J connectivity index is 1.27. The van der Waals surface area contributed by atoms with Crippen LogP contribution < -0.4 is 4.90 Å². The number of thiazole rings is 1. The molecule has 0 radical (unpaired) electrons. The molecular formula is C39H24N2OS. The van der Waals surface area contributed by atoms with Crippen LogP contribution in [0, 0.1) is 0 Å². The van der Waals surface area contributed by atoms with E-state index in [9.17, 15) is 0 Å². The van der Waals surface area contributed by atoms with Gasteiger partial charge in [-0.05, 0) is 53.2 Å². The SMILES string of the molecule is c1ccc(N(c2cccc(-c3nc4c5ccccc5c5ccccc5c4s3)c2)c2cccc3oc4ccccc4c23)cc1. The number of nitrogens with zero attached hydrogens (tertiary/aromatic N) is 2. The third-order valence-corrected chi connectivity index (χ3v) is 9.40. The molecule has 0 N–H and O–H groups in total. The number of anilines is 3. The molecule has 0 unspecified atom stereocenters. The molecule has 0 saturated carbocycles. The maximum absolute atomic E-state index is 6.28. The van der Waals surface area contributed by atoms with Crippen molar-refractivity contribution in [3.63, 3.8) is 0 Å². The predicted molar refractivity (Wildman–Crippen MR) is 182 cm³/mol. The molecule has 9 aromatic rings. The molecule has 4 heteroatoms. The summed E-state index contributed by atoms with van der Waals surface area (Å²) in [6.07, 6.45) is 0. The van der Waals surface area contributed by atoms with Gasteiger partial charge in [0.15, 0.2) is 0 Å². The number of fused-ring (bicyclic) bond motifs is 9. The molecule has 0 bridgehead atoms. The van der Waals surface area contributed by atoms with Crippen molar-refractivity contribution >= 4 is 82.1 Å². The molecule has 0 saturated heterocycles. The van der Waals surface area contributed by atoms with E-state index in [1.807, 2.05) is 18.2 Å². The molecule has 43 heavy (non-hydrogen) atoms. The lowest BCUT2D eigenvalue weighted by atomic mass is 10.0. The van der Waals surface area contributed by atoms with Crippen LogP contribution in [0.3, 0.4) is 0 Å². The predicted octanol–water partition coefficient (Wildman–Crippen LogP) is 11.6. The standard InChI is InChI=1S/C39H24N2OS/c1-2-13-26(14-3-1)41(33-21-11-23-35-36(33)32-20-8-9-22-34(32)42-35)27-15-10-12-25(24-27)39-40-37-30-18-6-4-16-28(30)29-17-5-7-19-31(29)38(37)43-39/h1-24H. The lowest BCUT2D eigenvalue weighted by molar-refractivity contribution is 0.669. The van der Waals surface area contributed by atoms with Gasteiger partial charge >= 0.3 is 0 Å². The lowest BCUT2D eigenvalue weighted by Crippen LogP contribution is -2.10. The van der Waals surface area contributed by atoms with Gasteiger partial charge in [0.2, 0.25) is 0 Å². The minimum Gasteiger partial charge on any atom is -0.456 e. The maximum Gasteiger partial charge on any atom is 0.137 e. The van der Waals surface area contributed by atoms with Gasteiger partial charge in [0.05, 0.1) is 21.3 Å². The fourth-order valence-corrected chi connectivity index (χ4v) is 7.49. The Morgan fingerprint density at radius 1 is 0.512 bits per heavy atom. The number of hydrogen-bond donors (Lipinski definition) is 0. The van der Waals surface area contributed by atoms with Crippen LogP contribution in [0.4, 0.5) is 17.1 Å². The Hall–Kier alpha value is -5.45. The van der Waals surface area contributed by atoms with Crippen molar-refractivity contribution < 1.29 is 4.42 Å². The Morgan fingerprint density at radius 2 is 1.14 bits per heavy atom. The number of aromatic nitrogens is 1. The molecule has 9 rings (SSSR count). The van der Waals surface area contributed by atoms with Gasteiger partial charge < -0.3 is 9.32 Å². The third-order valence-electron chi connectivity index (χ3n) is 8.26. The third kappa shape index (κ3) is 3.77. The first-order valence-corrected chi connectivity index (χ1v) is 15.2. The highest BCUT2D eigenvalue weighted by Crippen LogP contribution is 2.45. The maximum atomic E-state index is 6.28. The zero-order valence-corrected chi connectivity index (χ0v) is 23.9. The Labute approximate surface area is 251 Å². The van der Waals surface area contributed by atoms with E-state index in [4.69, 9.17) is 9.40 Å². The zero-order chi connectivity index (χ0) is 28.3. The molecule has 0 aliphatic carbocycles. The summed E-state index contributed by atoms with van der Waals surface area (Å²) in [7, 11) is 0. The summed E-state index contributed by atoms with van der Waals surface area (Å²) < 4.78 is 7.50. The fourth-order valence-electron chi connectivity index (χ4n) is 6.37. The molecule has 2 aromatic heterocycles. The number of rotatable bonds is 4. The van der Waals surface area contributed by atoms with Gasteiger partial charge in [0.1, 0.15) is 16.2 Å². The Bertz CT molecular complexity index is 2400. The van der Waals surface area contributed by atoms with Crippen LogP contribution >= 0.6 is 11.3 Å². The summed E-state index contributed by atoms with van der Waals surface area (Å²) in [5, 5.41) is 8.18. The molecule has 3 nitrogen and oxygen atoms in total.